The topological polar surface area (TPSA) is 81.1 Å². The molecule has 0 saturated carbocycles. The zero-order valence-electron chi connectivity index (χ0n) is 10.2. The Bertz CT molecular complexity index is 379. The number of hydrogen-bond donors (Lipinski definition) is 3. The molecule has 1 aromatic heterocycles. The first kappa shape index (κ1) is 14.5. The van der Waals surface area contributed by atoms with E-state index in [-0.39, 0.29) is 5.91 Å². The molecule has 17 heavy (non-hydrogen) atoms. The highest BCUT2D eigenvalue weighted by atomic mass is 32.2. The third-order valence-corrected chi connectivity index (χ3v) is 4.85. The fraction of sp³-hybridized carbons (Fsp3) is 0.545. The van der Waals surface area contributed by atoms with Gasteiger partial charge in [-0.3, -0.25) is 10.2 Å². The lowest BCUT2D eigenvalue weighted by Crippen LogP contribution is -2.29. The van der Waals surface area contributed by atoms with E-state index in [0.29, 0.717) is 10.8 Å². The van der Waals surface area contributed by atoms with Crippen LogP contribution in [0.3, 0.4) is 0 Å². The Labute approximate surface area is 110 Å². The number of nitrogens with one attached hydrogen (secondary N) is 1. The lowest BCUT2D eigenvalue weighted by molar-refractivity contribution is 0.0957. The van der Waals surface area contributed by atoms with E-state index in [9.17, 15) is 4.79 Å². The van der Waals surface area contributed by atoms with Gasteiger partial charge in [0, 0.05) is 10.6 Å². The molecule has 0 saturated heterocycles. The van der Waals surface area contributed by atoms with Crippen molar-refractivity contribution >= 4 is 29.0 Å². The maximum absolute atomic E-state index is 11.4. The highest BCUT2D eigenvalue weighted by Gasteiger charge is 2.11. The minimum atomic E-state index is -0.218. The van der Waals surface area contributed by atoms with Gasteiger partial charge in [-0.2, -0.15) is 11.8 Å². The van der Waals surface area contributed by atoms with Crippen molar-refractivity contribution in [2.45, 2.75) is 19.6 Å². The summed E-state index contributed by atoms with van der Waals surface area (Å²) in [6.45, 7) is 4.89. The number of nitrogens with two attached hydrogens (primary N) is 2. The molecule has 1 atom stereocenters. The van der Waals surface area contributed by atoms with Crippen molar-refractivity contribution in [1.82, 2.24) is 5.43 Å². The molecule has 0 radical (unpaired) electrons. The van der Waals surface area contributed by atoms with Crippen LogP contribution in [0, 0.1) is 12.8 Å². The molecule has 0 aromatic carbocycles. The van der Waals surface area contributed by atoms with Crippen molar-refractivity contribution in [2.24, 2.45) is 17.5 Å². The second-order valence-electron chi connectivity index (χ2n) is 4.02. The molecule has 1 rings (SSSR count). The number of thiophene rings is 1. The number of amides is 1. The van der Waals surface area contributed by atoms with Crippen molar-refractivity contribution in [1.29, 1.82) is 0 Å². The van der Waals surface area contributed by atoms with Gasteiger partial charge in [0.2, 0.25) is 0 Å². The molecule has 0 bridgehead atoms. The number of carbonyl (C=O) groups excluding carboxylic acids is 1. The van der Waals surface area contributed by atoms with Gasteiger partial charge in [0.05, 0.1) is 4.88 Å². The first-order valence-corrected chi connectivity index (χ1v) is 7.43. The van der Waals surface area contributed by atoms with Crippen LogP contribution < -0.4 is 17.0 Å². The molecule has 1 unspecified atom stereocenters. The quantitative estimate of drug-likeness (QED) is 0.417. The van der Waals surface area contributed by atoms with Gasteiger partial charge in [-0.05, 0) is 36.8 Å². The zero-order valence-corrected chi connectivity index (χ0v) is 11.8. The van der Waals surface area contributed by atoms with E-state index in [0.717, 1.165) is 18.1 Å². The fourth-order valence-electron chi connectivity index (χ4n) is 1.28. The summed E-state index contributed by atoms with van der Waals surface area (Å²) in [5.41, 5.74) is 8.93. The zero-order chi connectivity index (χ0) is 12.8. The second-order valence-corrected chi connectivity index (χ2v) is 6.31. The Morgan fingerprint density at radius 3 is 2.94 bits per heavy atom. The summed E-state index contributed by atoms with van der Waals surface area (Å²) in [6, 6.07) is 1.92. The van der Waals surface area contributed by atoms with Gasteiger partial charge >= 0.3 is 0 Å². The summed E-state index contributed by atoms with van der Waals surface area (Å²) in [5, 5.41) is 0. The Morgan fingerprint density at radius 2 is 2.35 bits per heavy atom. The van der Waals surface area contributed by atoms with E-state index in [1.807, 2.05) is 24.8 Å². The van der Waals surface area contributed by atoms with Gasteiger partial charge in [-0.15, -0.1) is 11.3 Å². The Balaban J connectivity index is 2.54. The molecule has 0 aliphatic rings. The molecule has 0 spiro atoms. The minimum absolute atomic E-state index is 0.218. The van der Waals surface area contributed by atoms with Crippen molar-refractivity contribution in [2.75, 3.05) is 12.3 Å². The summed E-state index contributed by atoms with van der Waals surface area (Å²) in [6.07, 6.45) is 0. The van der Waals surface area contributed by atoms with Gasteiger partial charge in [0.25, 0.3) is 5.91 Å². The van der Waals surface area contributed by atoms with E-state index in [1.54, 1.807) is 0 Å². The molecule has 96 valence electrons. The molecule has 6 heteroatoms. The molecular weight excluding hydrogens is 254 g/mol. The monoisotopic (exact) mass is 273 g/mol. The largest absolute Gasteiger partial charge is 0.330 e. The number of carbonyl (C=O) groups is 1. The van der Waals surface area contributed by atoms with Crippen LogP contribution in [0.15, 0.2) is 6.07 Å². The standard InChI is InChI=1S/C11H19N3OS2/c1-7(4-12)5-16-6-9-3-10(11(15)14-13)17-8(9)2/h3,7H,4-6,12-13H2,1-2H3,(H,14,15). The van der Waals surface area contributed by atoms with Gasteiger partial charge in [-0.1, -0.05) is 6.92 Å². The molecule has 1 amide bonds. The SMILES string of the molecule is Cc1sc(C(=O)NN)cc1CSCC(C)CN. The number of thioether (sulfide) groups is 1. The lowest BCUT2D eigenvalue weighted by atomic mass is 10.2. The highest BCUT2D eigenvalue weighted by molar-refractivity contribution is 7.98. The molecule has 1 heterocycles. The van der Waals surface area contributed by atoms with Crippen LogP contribution in [0.25, 0.3) is 0 Å². The van der Waals surface area contributed by atoms with Crippen molar-refractivity contribution < 1.29 is 4.79 Å². The third kappa shape index (κ3) is 4.31. The average molecular weight is 273 g/mol. The van der Waals surface area contributed by atoms with E-state index in [4.69, 9.17) is 11.6 Å². The Morgan fingerprint density at radius 1 is 1.65 bits per heavy atom. The van der Waals surface area contributed by atoms with Crippen molar-refractivity contribution in [3.05, 3.63) is 21.4 Å². The molecule has 0 aliphatic heterocycles. The summed E-state index contributed by atoms with van der Waals surface area (Å²) in [4.78, 5) is 13.2. The van der Waals surface area contributed by atoms with E-state index in [2.05, 4.69) is 12.3 Å². The molecule has 0 fully saturated rings. The van der Waals surface area contributed by atoms with Crippen molar-refractivity contribution in [3.8, 4) is 0 Å². The summed E-state index contributed by atoms with van der Waals surface area (Å²) in [7, 11) is 0. The summed E-state index contributed by atoms with van der Waals surface area (Å²) < 4.78 is 0. The molecule has 1 aromatic rings. The van der Waals surface area contributed by atoms with Crippen LogP contribution in [0.1, 0.15) is 27.0 Å². The predicted octanol–water partition coefficient (Wildman–Crippen LogP) is 1.49. The Kier molecular flexibility index (Phi) is 5.97. The number of aryl methyl sites for hydroxylation is 1. The first-order chi connectivity index (χ1) is 8.08. The average Bonchev–Trinajstić information content (AvgIpc) is 2.69. The Hall–Kier alpha value is -0.560. The predicted molar refractivity (Wildman–Crippen MR) is 75.1 cm³/mol. The van der Waals surface area contributed by atoms with Crippen LogP contribution in [0.4, 0.5) is 0 Å². The third-order valence-electron chi connectivity index (χ3n) is 2.44. The number of hydrazine groups is 1. The van der Waals surface area contributed by atoms with Crippen LogP contribution in [0.5, 0.6) is 0 Å². The normalized spacial score (nSPS) is 12.5. The second kappa shape index (κ2) is 7.00. The fourth-order valence-corrected chi connectivity index (χ4v) is 3.50. The van der Waals surface area contributed by atoms with E-state index >= 15 is 0 Å². The lowest BCUT2D eigenvalue weighted by Gasteiger charge is -2.07. The number of rotatable bonds is 6. The van der Waals surface area contributed by atoms with Crippen LogP contribution >= 0.6 is 23.1 Å². The maximum Gasteiger partial charge on any atom is 0.275 e. The molecular formula is C11H19N3OS2. The molecule has 0 aliphatic carbocycles. The van der Waals surface area contributed by atoms with Crippen LogP contribution in [0.2, 0.25) is 0 Å². The summed E-state index contributed by atoms with van der Waals surface area (Å²) in [5.74, 6) is 7.39. The number of hydrogen-bond acceptors (Lipinski definition) is 5. The van der Waals surface area contributed by atoms with Gasteiger partial charge in [-0.25, -0.2) is 5.84 Å². The molecule has 4 nitrogen and oxygen atoms in total. The highest BCUT2D eigenvalue weighted by Crippen LogP contribution is 2.25. The number of nitrogen functional groups attached to an aromatic ring is 1. The maximum atomic E-state index is 11.4. The minimum Gasteiger partial charge on any atom is -0.330 e. The first-order valence-electron chi connectivity index (χ1n) is 5.46. The summed E-state index contributed by atoms with van der Waals surface area (Å²) >= 11 is 3.33. The molecule has 5 N–H and O–H groups in total. The smallest absolute Gasteiger partial charge is 0.275 e. The van der Waals surface area contributed by atoms with Crippen LogP contribution in [-0.4, -0.2) is 18.2 Å². The van der Waals surface area contributed by atoms with E-state index < -0.39 is 0 Å². The van der Waals surface area contributed by atoms with E-state index in [1.165, 1.54) is 21.8 Å². The van der Waals surface area contributed by atoms with Gasteiger partial charge in [0.15, 0.2) is 0 Å². The van der Waals surface area contributed by atoms with Crippen molar-refractivity contribution in [3.63, 3.8) is 0 Å². The van der Waals surface area contributed by atoms with Crippen LogP contribution in [-0.2, 0) is 5.75 Å². The van der Waals surface area contributed by atoms with Gasteiger partial charge in [0.1, 0.15) is 0 Å². The van der Waals surface area contributed by atoms with Gasteiger partial charge < -0.3 is 5.73 Å².